The molecule has 0 radical (unpaired) electrons. The summed E-state index contributed by atoms with van der Waals surface area (Å²) < 4.78 is 0.718. The van der Waals surface area contributed by atoms with Crippen molar-refractivity contribution in [3.8, 4) is 0 Å². The van der Waals surface area contributed by atoms with Gasteiger partial charge >= 0.3 is 0 Å². The van der Waals surface area contributed by atoms with Crippen molar-refractivity contribution < 1.29 is 0 Å². The van der Waals surface area contributed by atoms with E-state index in [2.05, 4.69) is 44.8 Å². The molecule has 1 aliphatic carbocycles. The molecular formula is C10H14IN3O. The van der Waals surface area contributed by atoms with Crippen LogP contribution in [0.15, 0.2) is 4.79 Å². The van der Waals surface area contributed by atoms with Crippen LogP contribution in [-0.4, -0.2) is 16.0 Å². The second kappa shape index (κ2) is 4.51. The first-order chi connectivity index (χ1) is 7.20. The number of nitrogens with zero attached hydrogens (tertiary/aromatic N) is 1. The van der Waals surface area contributed by atoms with Gasteiger partial charge in [0.2, 0.25) is 5.95 Å². The van der Waals surface area contributed by atoms with Crippen molar-refractivity contribution in [2.75, 3.05) is 5.32 Å². The van der Waals surface area contributed by atoms with Gasteiger partial charge in [0.15, 0.2) is 0 Å². The maximum absolute atomic E-state index is 11.6. The van der Waals surface area contributed by atoms with Gasteiger partial charge in [-0.05, 0) is 41.9 Å². The molecule has 1 fully saturated rings. The highest BCUT2D eigenvalue weighted by Crippen LogP contribution is 2.22. The highest BCUT2D eigenvalue weighted by atomic mass is 127. The Morgan fingerprint density at radius 3 is 2.93 bits per heavy atom. The highest BCUT2D eigenvalue weighted by Gasteiger charge is 2.22. The topological polar surface area (TPSA) is 57.8 Å². The fourth-order valence-electron chi connectivity index (χ4n) is 1.40. The van der Waals surface area contributed by atoms with Crippen LogP contribution in [0.4, 0.5) is 5.95 Å². The van der Waals surface area contributed by atoms with Crippen molar-refractivity contribution in [3.05, 3.63) is 19.6 Å². The molecule has 2 rings (SSSR count). The molecular weight excluding hydrogens is 305 g/mol. The van der Waals surface area contributed by atoms with Gasteiger partial charge in [0.1, 0.15) is 0 Å². The molecule has 0 spiro atoms. The Labute approximate surface area is 102 Å². The minimum atomic E-state index is -0.0304. The molecule has 0 aromatic carbocycles. The van der Waals surface area contributed by atoms with Gasteiger partial charge in [0, 0.05) is 6.04 Å². The van der Waals surface area contributed by atoms with Crippen molar-refractivity contribution >= 4 is 28.5 Å². The van der Waals surface area contributed by atoms with Gasteiger partial charge in [-0.2, -0.15) is 0 Å². The molecule has 0 bridgehead atoms. The van der Waals surface area contributed by atoms with Crippen molar-refractivity contribution in [2.24, 2.45) is 0 Å². The summed E-state index contributed by atoms with van der Waals surface area (Å²) in [6.45, 7) is 2.09. The van der Waals surface area contributed by atoms with E-state index in [1.54, 1.807) is 0 Å². The second-order valence-corrected chi connectivity index (χ2v) is 4.92. The maximum atomic E-state index is 11.6. The van der Waals surface area contributed by atoms with Crippen LogP contribution in [0.25, 0.3) is 0 Å². The van der Waals surface area contributed by atoms with Gasteiger partial charge in [-0.15, -0.1) is 0 Å². The van der Waals surface area contributed by atoms with Crippen LogP contribution in [-0.2, 0) is 6.42 Å². The summed E-state index contributed by atoms with van der Waals surface area (Å²) in [7, 11) is 0. The summed E-state index contributed by atoms with van der Waals surface area (Å²) in [5.74, 6) is 0.631. The van der Waals surface area contributed by atoms with E-state index in [-0.39, 0.29) is 5.56 Å². The zero-order chi connectivity index (χ0) is 10.8. The lowest BCUT2D eigenvalue weighted by Gasteiger charge is -2.06. The smallest absolute Gasteiger partial charge is 0.265 e. The van der Waals surface area contributed by atoms with E-state index < -0.39 is 0 Å². The summed E-state index contributed by atoms with van der Waals surface area (Å²) in [5, 5.41) is 3.21. The first kappa shape index (κ1) is 10.9. The van der Waals surface area contributed by atoms with Crippen LogP contribution in [0.5, 0.6) is 0 Å². The van der Waals surface area contributed by atoms with E-state index in [1.165, 1.54) is 12.8 Å². The van der Waals surface area contributed by atoms with E-state index in [1.807, 2.05) is 0 Å². The van der Waals surface area contributed by atoms with Crippen molar-refractivity contribution in [3.63, 3.8) is 0 Å². The predicted molar refractivity (Wildman–Crippen MR) is 68.2 cm³/mol. The Kier molecular flexibility index (Phi) is 3.28. The summed E-state index contributed by atoms with van der Waals surface area (Å²) in [4.78, 5) is 18.8. The molecule has 1 aromatic heterocycles. The standard InChI is InChI=1S/C10H14IN3O/c1-2-3-7-8(11)9(15)14-10(13-7)12-6-4-5-6/h6H,2-5H2,1H3,(H2,12,13,14,15). The number of hydrogen-bond acceptors (Lipinski definition) is 3. The van der Waals surface area contributed by atoms with Crippen molar-refractivity contribution in [1.29, 1.82) is 0 Å². The largest absolute Gasteiger partial charge is 0.353 e. The van der Waals surface area contributed by atoms with Crippen molar-refractivity contribution in [1.82, 2.24) is 9.97 Å². The molecule has 15 heavy (non-hydrogen) atoms. The zero-order valence-electron chi connectivity index (χ0n) is 8.64. The average molecular weight is 319 g/mol. The molecule has 5 heteroatoms. The first-order valence-electron chi connectivity index (χ1n) is 5.26. The molecule has 0 amide bonds. The molecule has 1 aliphatic rings. The van der Waals surface area contributed by atoms with Crippen LogP contribution >= 0.6 is 22.6 Å². The van der Waals surface area contributed by atoms with Gasteiger partial charge in [-0.1, -0.05) is 13.3 Å². The number of hydrogen-bond donors (Lipinski definition) is 2. The quantitative estimate of drug-likeness (QED) is 0.834. The molecule has 1 saturated carbocycles. The van der Waals surface area contributed by atoms with Gasteiger partial charge < -0.3 is 5.32 Å². The summed E-state index contributed by atoms with van der Waals surface area (Å²) in [5.41, 5.74) is 0.877. The normalized spacial score (nSPS) is 15.3. The monoisotopic (exact) mass is 319 g/mol. The number of nitrogens with one attached hydrogen (secondary N) is 2. The summed E-state index contributed by atoms with van der Waals surface area (Å²) in [6.07, 6.45) is 4.23. The lowest BCUT2D eigenvalue weighted by atomic mass is 10.2. The van der Waals surface area contributed by atoms with Gasteiger partial charge in [0.05, 0.1) is 9.26 Å². The van der Waals surface area contributed by atoms with Gasteiger partial charge in [-0.25, -0.2) is 4.98 Å². The molecule has 2 N–H and O–H groups in total. The van der Waals surface area contributed by atoms with E-state index in [0.29, 0.717) is 12.0 Å². The predicted octanol–water partition coefficient (Wildman–Crippen LogP) is 1.90. The van der Waals surface area contributed by atoms with Crippen LogP contribution in [0.3, 0.4) is 0 Å². The third-order valence-electron chi connectivity index (χ3n) is 2.34. The number of rotatable bonds is 4. The number of aryl methyl sites for hydroxylation is 1. The van der Waals surface area contributed by atoms with E-state index >= 15 is 0 Å². The minimum Gasteiger partial charge on any atom is -0.353 e. The number of anilines is 1. The summed E-state index contributed by atoms with van der Waals surface area (Å²) >= 11 is 2.06. The highest BCUT2D eigenvalue weighted by molar-refractivity contribution is 14.1. The van der Waals surface area contributed by atoms with Crippen LogP contribution in [0.1, 0.15) is 31.9 Å². The van der Waals surface area contributed by atoms with Crippen LogP contribution in [0, 0.1) is 3.57 Å². The maximum Gasteiger partial charge on any atom is 0.265 e. The van der Waals surface area contributed by atoms with E-state index in [0.717, 1.165) is 22.1 Å². The Morgan fingerprint density at radius 2 is 2.33 bits per heavy atom. The number of aromatic nitrogens is 2. The Bertz CT molecular complexity index is 412. The Balaban J connectivity index is 2.27. The number of aromatic amines is 1. The lowest BCUT2D eigenvalue weighted by molar-refractivity contribution is 0.854. The van der Waals surface area contributed by atoms with Crippen LogP contribution < -0.4 is 10.9 Å². The van der Waals surface area contributed by atoms with Gasteiger partial charge in [-0.3, -0.25) is 9.78 Å². The first-order valence-corrected chi connectivity index (χ1v) is 6.33. The van der Waals surface area contributed by atoms with Gasteiger partial charge in [0.25, 0.3) is 5.56 Å². The molecule has 82 valence electrons. The molecule has 1 aromatic rings. The van der Waals surface area contributed by atoms with Crippen molar-refractivity contribution in [2.45, 2.75) is 38.6 Å². The molecule has 1 heterocycles. The zero-order valence-corrected chi connectivity index (χ0v) is 10.8. The minimum absolute atomic E-state index is 0.0304. The third kappa shape index (κ3) is 2.70. The molecule has 4 nitrogen and oxygen atoms in total. The SMILES string of the molecule is CCCc1nc(NC2CC2)[nH]c(=O)c1I. The van der Waals surface area contributed by atoms with Crippen LogP contribution in [0.2, 0.25) is 0 Å². The Morgan fingerprint density at radius 1 is 1.60 bits per heavy atom. The van der Waals surface area contributed by atoms with E-state index in [4.69, 9.17) is 0 Å². The number of halogens is 1. The van der Waals surface area contributed by atoms with E-state index in [9.17, 15) is 4.79 Å². The number of H-pyrrole nitrogens is 1. The molecule has 0 atom stereocenters. The molecule has 0 unspecified atom stereocenters. The third-order valence-corrected chi connectivity index (χ3v) is 3.45. The lowest BCUT2D eigenvalue weighted by Crippen LogP contribution is -2.19. The molecule has 0 aliphatic heterocycles. The Hall–Kier alpha value is -0.590. The average Bonchev–Trinajstić information content (AvgIpc) is 2.98. The molecule has 0 saturated heterocycles. The fourth-order valence-corrected chi connectivity index (χ4v) is 1.92. The summed E-state index contributed by atoms with van der Waals surface area (Å²) in [6, 6.07) is 0.516. The second-order valence-electron chi connectivity index (χ2n) is 3.84. The fraction of sp³-hybridized carbons (Fsp3) is 0.600.